The Morgan fingerprint density at radius 3 is 2.93 bits per heavy atom. The monoisotopic (exact) mass is 196 g/mol. The summed E-state index contributed by atoms with van der Waals surface area (Å²) in [5.74, 6) is 0.220. The number of hydrogen-bond acceptors (Lipinski definition) is 3. The quantitative estimate of drug-likeness (QED) is 0.620. The Hall–Kier alpha value is -0.870. The molecule has 2 aliphatic heterocycles. The molecule has 0 spiro atoms. The van der Waals surface area contributed by atoms with E-state index >= 15 is 0 Å². The van der Waals surface area contributed by atoms with Crippen molar-refractivity contribution in [2.24, 2.45) is 0 Å². The first-order chi connectivity index (χ1) is 6.86. The summed E-state index contributed by atoms with van der Waals surface area (Å²) in [5.41, 5.74) is 0. The van der Waals surface area contributed by atoms with Gasteiger partial charge in [-0.2, -0.15) is 0 Å². The van der Waals surface area contributed by atoms with E-state index in [0.717, 1.165) is 26.2 Å². The fraction of sp³-hybridized carbons (Fsp3) is 0.700. The Morgan fingerprint density at radius 2 is 2.29 bits per heavy atom. The van der Waals surface area contributed by atoms with Crippen LogP contribution in [-0.2, 0) is 9.53 Å². The third-order valence-electron chi connectivity index (χ3n) is 2.59. The molecule has 1 N–H and O–H groups in total. The predicted octanol–water partition coefficient (Wildman–Crippen LogP) is -0.237. The first kappa shape index (κ1) is 9.68. The Balaban J connectivity index is 1.75. The molecule has 0 aliphatic carbocycles. The first-order valence-corrected chi connectivity index (χ1v) is 5.10. The summed E-state index contributed by atoms with van der Waals surface area (Å²) in [6.45, 7) is 3.82. The van der Waals surface area contributed by atoms with Gasteiger partial charge in [0.1, 0.15) is 0 Å². The second-order valence-corrected chi connectivity index (χ2v) is 3.70. The van der Waals surface area contributed by atoms with Gasteiger partial charge in [-0.15, -0.1) is 0 Å². The second kappa shape index (κ2) is 4.57. The third-order valence-corrected chi connectivity index (χ3v) is 2.59. The molecule has 0 aromatic heterocycles. The van der Waals surface area contributed by atoms with Crippen LogP contribution in [0.5, 0.6) is 0 Å². The highest BCUT2D eigenvalue weighted by molar-refractivity contribution is 5.77. The van der Waals surface area contributed by atoms with Crippen molar-refractivity contribution in [2.75, 3.05) is 32.8 Å². The number of rotatable bonds is 2. The second-order valence-electron chi connectivity index (χ2n) is 3.70. The summed E-state index contributed by atoms with van der Waals surface area (Å²) >= 11 is 0. The highest BCUT2D eigenvalue weighted by Gasteiger charge is 2.21. The lowest BCUT2D eigenvalue weighted by molar-refractivity contribution is -0.131. The van der Waals surface area contributed by atoms with Gasteiger partial charge in [-0.05, 0) is 0 Å². The lowest BCUT2D eigenvalue weighted by Crippen LogP contribution is -2.44. The van der Waals surface area contributed by atoms with Crippen LogP contribution in [0, 0.1) is 0 Å². The molecule has 1 amide bonds. The van der Waals surface area contributed by atoms with E-state index in [1.54, 1.807) is 0 Å². The maximum Gasteiger partial charge on any atom is 0.224 e. The Morgan fingerprint density at radius 1 is 1.50 bits per heavy atom. The van der Waals surface area contributed by atoms with Gasteiger partial charge in [0.25, 0.3) is 0 Å². The number of amides is 1. The molecule has 2 heterocycles. The molecule has 1 unspecified atom stereocenters. The van der Waals surface area contributed by atoms with Crippen LogP contribution in [0.2, 0.25) is 0 Å². The van der Waals surface area contributed by atoms with Crippen molar-refractivity contribution in [1.29, 1.82) is 0 Å². The van der Waals surface area contributed by atoms with Crippen LogP contribution >= 0.6 is 0 Å². The van der Waals surface area contributed by atoms with Gasteiger partial charge in [-0.25, -0.2) is 0 Å². The van der Waals surface area contributed by atoms with E-state index in [0.29, 0.717) is 13.0 Å². The van der Waals surface area contributed by atoms with E-state index in [1.807, 2.05) is 17.1 Å². The van der Waals surface area contributed by atoms with E-state index in [4.69, 9.17) is 4.74 Å². The summed E-state index contributed by atoms with van der Waals surface area (Å²) in [4.78, 5) is 13.6. The summed E-state index contributed by atoms with van der Waals surface area (Å²) in [6.07, 6.45) is 4.62. The average molecular weight is 196 g/mol. The molecule has 0 aromatic carbocycles. The topological polar surface area (TPSA) is 41.6 Å². The van der Waals surface area contributed by atoms with Gasteiger partial charge >= 0.3 is 0 Å². The minimum atomic E-state index is 0.205. The molecule has 1 fully saturated rings. The molecule has 2 rings (SSSR count). The minimum Gasteiger partial charge on any atom is -0.378 e. The maximum absolute atomic E-state index is 11.7. The van der Waals surface area contributed by atoms with Crippen LogP contribution in [0.4, 0.5) is 0 Å². The molecule has 0 saturated carbocycles. The van der Waals surface area contributed by atoms with Gasteiger partial charge < -0.3 is 15.0 Å². The van der Waals surface area contributed by atoms with Crippen molar-refractivity contribution in [3.8, 4) is 0 Å². The van der Waals surface area contributed by atoms with Gasteiger partial charge in [0, 0.05) is 32.1 Å². The molecule has 1 atom stereocenters. The number of ether oxygens (including phenoxy) is 1. The third kappa shape index (κ3) is 2.33. The summed E-state index contributed by atoms with van der Waals surface area (Å²) < 4.78 is 5.30. The van der Waals surface area contributed by atoms with E-state index in [2.05, 4.69) is 5.32 Å². The van der Waals surface area contributed by atoms with E-state index < -0.39 is 0 Å². The van der Waals surface area contributed by atoms with E-state index in [-0.39, 0.29) is 11.9 Å². The molecule has 0 radical (unpaired) electrons. The Labute approximate surface area is 83.9 Å². The molecule has 78 valence electrons. The number of carbonyl (C=O) groups is 1. The van der Waals surface area contributed by atoms with Crippen LogP contribution in [0.15, 0.2) is 12.2 Å². The lowest BCUT2D eigenvalue weighted by Gasteiger charge is -2.25. The number of nitrogens with zero attached hydrogens (tertiary/aromatic N) is 1. The number of hydrogen-bond donors (Lipinski definition) is 1. The van der Waals surface area contributed by atoms with Crippen molar-refractivity contribution in [2.45, 2.75) is 12.5 Å². The van der Waals surface area contributed by atoms with Gasteiger partial charge in [-0.1, -0.05) is 12.2 Å². The van der Waals surface area contributed by atoms with Crippen molar-refractivity contribution in [3.05, 3.63) is 12.2 Å². The van der Waals surface area contributed by atoms with Crippen LogP contribution in [0.3, 0.4) is 0 Å². The SMILES string of the molecule is O=C(CC1COCCN1)N1CC=CC1. The number of carbonyl (C=O) groups excluding carboxylic acids is 1. The summed E-state index contributed by atoms with van der Waals surface area (Å²) in [7, 11) is 0. The molecule has 4 heteroatoms. The minimum absolute atomic E-state index is 0.205. The van der Waals surface area contributed by atoms with Crippen LogP contribution in [0.1, 0.15) is 6.42 Å². The number of nitrogens with one attached hydrogen (secondary N) is 1. The Kier molecular flexibility index (Phi) is 3.16. The molecule has 1 saturated heterocycles. The van der Waals surface area contributed by atoms with E-state index in [9.17, 15) is 4.79 Å². The van der Waals surface area contributed by atoms with Crippen LogP contribution in [0.25, 0.3) is 0 Å². The van der Waals surface area contributed by atoms with Crippen molar-refractivity contribution in [3.63, 3.8) is 0 Å². The van der Waals surface area contributed by atoms with Crippen molar-refractivity contribution >= 4 is 5.91 Å². The zero-order valence-electron chi connectivity index (χ0n) is 8.24. The fourth-order valence-electron chi connectivity index (χ4n) is 1.77. The maximum atomic E-state index is 11.7. The van der Waals surface area contributed by atoms with Crippen LogP contribution in [-0.4, -0.2) is 49.7 Å². The van der Waals surface area contributed by atoms with Crippen molar-refractivity contribution < 1.29 is 9.53 Å². The molecule has 0 aromatic rings. The van der Waals surface area contributed by atoms with Gasteiger partial charge in [0.05, 0.1) is 13.2 Å². The average Bonchev–Trinajstić information content (AvgIpc) is 2.72. The van der Waals surface area contributed by atoms with Crippen molar-refractivity contribution in [1.82, 2.24) is 10.2 Å². The number of morpholine rings is 1. The molecule has 14 heavy (non-hydrogen) atoms. The highest BCUT2D eigenvalue weighted by atomic mass is 16.5. The van der Waals surface area contributed by atoms with Gasteiger partial charge in [-0.3, -0.25) is 4.79 Å². The lowest BCUT2D eigenvalue weighted by atomic mass is 10.2. The molecular formula is C10H16N2O2. The molecule has 0 bridgehead atoms. The molecule has 4 nitrogen and oxygen atoms in total. The first-order valence-electron chi connectivity index (χ1n) is 5.10. The van der Waals surface area contributed by atoms with Crippen LogP contribution < -0.4 is 5.32 Å². The normalized spacial score (nSPS) is 26.9. The van der Waals surface area contributed by atoms with Gasteiger partial charge in [0.2, 0.25) is 5.91 Å². The predicted molar refractivity (Wildman–Crippen MR) is 52.9 cm³/mol. The smallest absolute Gasteiger partial charge is 0.224 e. The summed E-state index contributed by atoms with van der Waals surface area (Å²) in [5, 5.41) is 3.28. The highest BCUT2D eigenvalue weighted by Crippen LogP contribution is 2.06. The fourth-order valence-corrected chi connectivity index (χ4v) is 1.77. The zero-order chi connectivity index (χ0) is 9.80. The van der Waals surface area contributed by atoms with E-state index in [1.165, 1.54) is 0 Å². The standard InChI is InChI=1S/C10H16N2O2/c13-10(12-4-1-2-5-12)7-9-8-14-6-3-11-9/h1-2,9,11H,3-8H2. The zero-order valence-corrected chi connectivity index (χ0v) is 8.24. The largest absolute Gasteiger partial charge is 0.378 e. The van der Waals surface area contributed by atoms with Gasteiger partial charge in [0.15, 0.2) is 0 Å². The summed E-state index contributed by atoms with van der Waals surface area (Å²) in [6, 6.07) is 0.205. The Bertz CT molecular complexity index is 226. The molecule has 2 aliphatic rings. The molecular weight excluding hydrogens is 180 g/mol.